The van der Waals surface area contributed by atoms with E-state index in [0.717, 1.165) is 17.7 Å². The number of hydrogen-bond acceptors (Lipinski definition) is 8. The van der Waals surface area contributed by atoms with Crippen LogP contribution in [0.5, 0.6) is 0 Å². The molecule has 0 amide bonds. The van der Waals surface area contributed by atoms with E-state index < -0.39 is 16.4 Å². The molecular weight excluding hydrogens is 391 g/mol. The first kappa shape index (κ1) is 21.1. The number of anilines is 3. The molecule has 9 nitrogen and oxygen atoms in total. The number of aliphatic hydroxyl groups is 1. The van der Waals surface area contributed by atoms with Gasteiger partial charge in [0.05, 0.1) is 23.3 Å². The Bertz CT molecular complexity index is 1030. The Kier molecular flexibility index (Phi) is 6.48. The quantitative estimate of drug-likeness (QED) is 0.377. The van der Waals surface area contributed by atoms with Crippen LogP contribution in [0, 0.1) is 21.8 Å². The molecule has 3 N–H and O–H groups in total. The maximum absolute atomic E-state index is 13.6. The molecule has 0 fully saturated rings. The summed E-state index contributed by atoms with van der Waals surface area (Å²) >= 11 is 0. The van der Waals surface area contributed by atoms with Crippen LogP contribution in [0.15, 0.2) is 48.8 Å². The van der Waals surface area contributed by atoms with Crippen LogP contribution >= 0.6 is 0 Å². The van der Waals surface area contributed by atoms with Crippen molar-refractivity contribution in [3.63, 3.8) is 0 Å². The average Bonchev–Trinajstić information content (AvgIpc) is 2.73. The molecule has 156 valence electrons. The van der Waals surface area contributed by atoms with Crippen molar-refractivity contribution in [2.24, 2.45) is 5.92 Å². The fourth-order valence-corrected chi connectivity index (χ4v) is 2.71. The Labute approximate surface area is 172 Å². The van der Waals surface area contributed by atoms with Crippen LogP contribution in [0.25, 0.3) is 11.3 Å². The van der Waals surface area contributed by atoms with Crippen molar-refractivity contribution in [2.45, 2.75) is 19.9 Å². The van der Waals surface area contributed by atoms with E-state index >= 15 is 0 Å². The number of pyridine rings is 1. The van der Waals surface area contributed by atoms with Crippen molar-refractivity contribution in [2.75, 3.05) is 17.2 Å². The molecule has 0 radical (unpaired) electrons. The number of nitro groups is 1. The molecule has 30 heavy (non-hydrogen) atoms. The molecule has 0 aliphatic rings. The van der Waals surface area contributed by atoms with E-state index in [2.05, 4.69) is 25.6 Å². The number of aromatic nitrogens is 3. The molecule has 2 heterocycles. The second-order valence-electron chi connectivity index (χ2n) is 6.92. The van der Waals surface area contributed by atoms with Gasteiger partial charge in [-0.25, -0.2) is 4.98 Å². The standard InChI is InChI=1S/C20H21FN6O3/c1-12(2)17(11-28)25-20-24-16(13-5-7-22-8-6-13)10-19(26-20)23-14-3-4-15(21)18(9-14)27(29)30/h3-10,12,17,28H,11H2,1-2H3,(H2,23,24,25,26)/t17-/m1/s1. The van der Waals surface area contributed by atoms with Crippen LogP contribution in [0.1, 0.15) is 13.8 Å². The number of aliphatic hydroxyl groups excluding tert-OH is 1. The van der Waals surface area contributed by atoms with Crippen molar-refractivity contribution in [3.8, 4) is 11.3 Å². The van der Waals surface area contributed by atoms with Gasteiger partial charge < -0.3 is 15.7 Å². The summed E-state index contributed by atoms with van der Waals surface area (Å²) in [6, 6.07) is 8.46. The minimum Gasteiger partial charge on any atom is -0.394 e. The van der Waals surface area contributed by atoms with Gasteiger partial charge in [0.15, 0.2) is 0 Å². The average molecular weight is 412 g/mol. The zero-order valence-corrected chi connectivity index (χ0v) is 16.4. The van der Waals surface area contributed by atoms with Gasteiger partial charge in [0, 0.05) is 35.8 Å². The lowest BCUT2D eigenvalue weighted by atomic mass is 10.1. The first-order chi connectivity index (χ1) is 14.4. The molecule has 1 atom stereocenters. The number of nitro benzene ring substituents is 1. The molecular formula is C20H21FN6O3. The van der Waals surface area contributed by atoms with Crippen molar-refractivity contribution in [1.82, 2.24) is 15.0 Å². The maximum Gasteiger partial charge on any atom is 0.306 e. The summed E-state index contributed by atoms with van der Waals surface area (Å²) in [6.45, 7) is 3.81. The van der Waals surface area contributed by atoms with E-state index in [-0.39, 0.29) is 24.5 Å². The van der Waals surface area contributed by atoms with Crippen LogP contribution in [0.3, 0.4) is 0 Å². The van der Waals surface area contributed by atoms with Gasteiger partial charge in [-0.15, -0.1) is 0 Å². The minimum absolute atomic E-state index is 0.104. The fraction of sp³-hybridized carbons (Fsp3) is 0.250. The monoisotopic (exact) mass is 412 g/mol. The van der Waals surface area contributed by atoms with E-state index in [1.54, 1.807) is 30.6 Å². The molecule has 0 aliphatic heterocycles. The third-order valence-electron chi connectivity index (χ3n) is 4.43. The third-order valence-corrected chi connectivity index (χ3v) is 4.43. The molecule has 0 aliphatic carbocycles. The van der Waals surface area contributed by atoms with Gasteiger partial charge in [-0.3, -0.25) is 15.1 Å². The summed E-state index contributed by atoms with van der Waals surface area (Å²) in [4.78, 5) is 23.1. The third kappa shape index (κ3) is 5.03. The van der Waals surface area contributed by atoms with Crippen LogP contribution in [-0.4, -0.2) is 37.6 Å². The zero-order valence-electron chi connectivity index (χ0n) is 16.4. The summed E-state index contributed by atoms with van der Waals surface area (Å²) in [7, 11) is 0. The van der Waals surface area contributed by atoms with Crippen molar-refractivity contribution in [1.29, 1.82) is 0 Å². The number of rotatable bonds is 8. The second kappa shape index (κ2) is 9.23. The largest absolute Gasteiger partial charge is 0.394 e. The van der Waals surface area contributed by atoms with Crippen LogP contribution in [-0.2, 0) is 0 Å². The summed E-state index contributed by atoms with van der Waals surface area (Å²) in [5, 5.41) is 26.7. The molecule has 0 saturated heterocycles. The SMILES string of the molecule is CC(C)[C@@H](CO)Nc1nc(Nc2ccc(F)c([N+](=O)[O-])c2)cc(-c2ccncc2)n1. The Balaban J connectivity index is 1.99. The molecule has 0 saturated carbocycles. The summed E-state index contributed by atoms with van der Waals surface area (Å²) in [5.74, 6) is -0.174. The van der Waals surface area contributed by atoms with Gasteiger partial charge in [-0.2, -0.15) is 9.37 Å². The van der Waals surface area contributed by atoms with Gasteiger partial charge in [0.25, 0.3) is 0 Å². The fourth-order valence-electron chi connectivity index (χ4n) is 2.71. The van der Waals surface area contributed by atoms with Crippen molar-refractivity contribution < 1.29 is 14.4 Å². The molecule has 0 unspecified atom stereocenters. The summed E-state index contributed by atoms with van der Waals surface area (Å²) in [6.07, 6.45) is 3.26. The summed E-state index contributed by atoms with van der Waals surface area (Å²) < 4.78 is 13.6. The molecule has 0 spiro atoms. The molecule has 1 aromatic carbocycles. The Morgan fingerprint density at radius 3 is 2.53 bits per heavy atom. The molecule has 10 heteroatoms. The van der Waals surface area contributed by atoms with E-state index in [1.165, 1.54) is 6.07 Å². The Morgan fingerprint density at radius 1 is 1.17 bits per heavy atom. The van der Waals surface area contributed by atoms with Crippen molar-refractivity contribution >= 4 is 23.1 Å². The maximum atomic E-state index is 13.6. The van der Waals surface area contributed by atoms with Gasteiger partial charge in [0.1, 0.15) is 5.82 Å². The highest BCUT2D eigenvalue weighted by Gasteiger charge is 2.17. The van der Waals surface area contributed by atoms with E-state index in [1.807, 2.05) is 13.8 Å². The Hall–Kier alpha value is -3.66. The lowest BCUT2D eigenvalue weighted by molar-refractivity contribution is -0.387. The number of halogens is 1. The highest BCUT2D eigenvalue weighted by molar-refractivity contribution is 5.68. The second-order valence-corrected chi connectivity index (χ2v) is 6.92. The minimum atomic E-state index is -0.921. The van der Waals surface area contributed by atoms with Gasteiger partial charge in [-0.1, -0.05) is 13.8 Å². The highest BCUT2D eigenvalue weighted by atomic mass is 19.1. The summed E-state index contributed by atoms with van der Waals surface area (Å²) in [5.41, 5.74) is 1.03. The Morgan fingerprint density at radius 2 is 1.90 bits per heavy atom. The van der Waals surface area contributed by atoms with Gasteiger partial charge >= 0.3 is 5.69 Å². The predicted octanol–water partition coefficient (Wildman–Crippen LogP) is 3.76. The first-order valence-corrected chi connectivity index (χ1v) is 9.25. The topological polar surface area (TPSA) is 126 Å². The molecule has 2 aromatic heterocycles. The number of nitrogens with zero attached hydrogens (tertiary/aromatic N) is 4. The van der Waals surface area contributed by atoms with E-state index in [0.29, 0.717) is 17.2 Å². The van der Waals surface area contributed by atoms with Crippen LogP contribution < -0.4 is 10.6 Å². The van der Waals surface area contributed by atoms with Crippen LogP contribution in [0.2, 0.25) is 0 Å². The van der Waals surface area contributed by atoms with Gasteiger partial charge in [0.2, 0.25) is 11.8 Å². The lowest BCUT2D eigenvalue weighted by Gasteiger charge is -2.20. The number of nitrogens with one attached hydrogen (secondary N) is 2. The molecule has 3 aromatic rings. The van der Waals surface area contributed by atoms with Crippen LogP contribution in [0.4, 0.5) is 27.5 Å². The molecule has 3 rings (SSSR count). The predicted molar refractivity (Wildman–Crippen MR) is 111 cm³/mol. The van der Waals surface area contributed by atoms with E-state index in [4.69, 9.17) is 0 Å². The lowest BCUT2D eigenvalue weighted by Crippen LogP contribution is -2.30. The molecule has 0 bridgehead atoms. The number of hydrogen-bond donors (Lipinski definition) is 3. The van der Waals surface area contributed by atoms with Crippen molar-refractivity contribution in [3.05, 3.63) is 64.7 Å². The number of benzene rings is 1. The smallest absolute Gasteiger partial charge is 0.306 e. The highest BCUT2D eigenvalue weighted by Crippen LogP contribution is 2.27. The first-order valence-electron chi connectivity index (χ1n) is 9.25. The zero-order chi connectivity index (χ0) is 21.7. The van der Waals surface area contributed by atoms with E-state index in [9.17, 15) is 19.6 Å². The normalized spacial score (nSPS) is 11.9. The van der Waals surface area contributed by atoms with Gasteiger partial charge in [-0.05, 0) is 30.2 Å².